The lowest BCUT2D eigenvalue weighted by molar-refractivity contribution is 0.0384. The number of likely N-dealkylation sites (N-methyl/N-ethyl adjacent to an activating group) is 1. The van der Waals surface area contributed by atoms with Crippen molar-refractivity contribution >= 4 is 96.9 Å². The van der Waals surface area contributed by atoms with E-state index >= 15 is 0 Å². The van der Waals surface area contributed by atoms with Crippen LogP contribution in [0.15, 0.2) is 165 Å². The van der Waals surface area contributed by atoms with E-state index in [-0.39, 0.29) is 0 Å². The van der Waals surface area contributed by atoms with Gasteiger partial charge in [0.05, 0.1) is 51.7 Å². The molecule has 0 spiro atoms. The number of fused-ring (bicyclic) bond motifs is 3. The van der Waals surface area contributed by atoms with Crippen LogP contribution in [0.2, 0.25) is 10.0 Å². The van der Waals surface area contributed by atoms with Crippen LogP contribution in [-0.2, 0) is 17.6 Å². The van der Waals surface area contributed by atoms with E-state index in [0.717, 1.165) is 174 Å². The molecule has 3 aromatic carbocycles. The van der Waals surface area contributed by atoms with Crippen molar-refractivity contribution in [2.45, 2.75) is 19.8 Å². The number of morpholine rings is 1. The van der Waals surface area contributed by atoms with E-state index in [2.05, 4.69) is 110 Å². The topological polar surface area (TPSA) is 244 Å². The number of ether oxygens (including phenoxy) is 1. The van der Waals surface area contributed by atoms with E-state index < -0.39 is 0 Å². The number of halogens is 2. The number of pyridine rings is 3. The standard InChI is InChI=1S/C24H26ClN7.C23H23ClN6O.C18H16N6/c1-31-11-13-32(14-12-31)10-7-17-4-5-22(20(25)15-17)30-24-27-9-6-21(29-24)19-16-28-23-18(19)3-2-8-26-23;24-19-14-16(6-9-30-10-12-31-13-11-30)3-4-21(19)29-23-26-8-5-20(28-23)18-15-27-22-17(18)2-1-7-25-22;1-11-16(14-3-2-9-20-17(14)22-11)15-8-10-21-18(24-15)23-13-6-4-12(19)5-7-13/h2-6,8-9,15-16H,7,10-14H2,1H3,(H,26,28)(H,27,29,30);1-5,7-8,14-15H,6,9-13H2,(H,25,27)(H,26,28,29);2-10H,19H2,1H3,(H,20,22)(H,21,23,24). The number of nitrogens with one attached hydrogen (secondary N) is 6. The highest BCUT2D eigenvalue weighted by Crippen LogP contribution is 2.33. The Bertz CT molecular complexity index is 4270. The van der Waals surface area contributed by atoms with Gasteiger partial charge in [0.25, 0.3) is 0 Å². The number of nitrogens with two attached hydrogens (primary N) is 1. The van der Waals surface area contributed by atoms with Crippen LogP contribution < -0.4 is 21.7 Å². The van der Waals surface area contributed by atoms with Gasteiger partial charge in [0.15, 0.2) is 0 Å². The summed E-state index contributed by atoms with van der Waals surface area (Å²) in [6.07, 6.45) is 16.3. The Labute approximate surface area is 513 Å². The second-order valence-electron chi connectivity index (χ2n) is 21.2. The molecule has 0 saturated carbocycles. The number of hydrogen-bond donors (Lipinski definition) is 7. The van der Waals surface area contributed by atoms with E-state index in [0.29, 0.717) is 27.9 Å². The number of anilines is 7. The number of piperazine rings is 1. The van der Waals surface area contributed by atoms with Crippen LogP contribution in [0.4, 0.5) is 40.6 Å². The summed E-state index contributed by atoms with van der Waals surface area (Å²) in [5.74, 6) is 1.54. The van der Waals surface area contributed by atoms with Crippen molar-refractivity contribution < 1.29 is 4.74 Å². The van der Waals surface area contributed by atoms with Crippen LogP contribution in [0.1, 0.15) is 16.8 Å². The summed E-state index contributed by atoms with van der Waals surface area (Å²) in [7, 11) is 2.18. The van der Waals surface area contributed by atoms with Crippen molar-refractivity contribution in [2.24, 2.45) is 0 Å². The Morgan fingerprint density at radius 1 is 0.517 bits per heavy atom. The van der Waals surface area contributed by atoms with Crippen LogP contribution in [0.5, 0.6) is 0 Å². The predicted octanol–water partition coefficient (Wildman–Crippen LogP) is 12.2. The maximum Gasteiger partial charge on any atom is 0.227 e. The quantitative estimate of drug-likeness (QED) is 0.0472. The summed E-state index contributed by atoms with van der Waals surface area (Å²) < 4.78 is 5.41. The van der Waals surface area contributed by atoms with Crippen LogP contribution in [-0.4, -0.2) is 147 Å². The Morgan fingerprint density at radius 3 is 1.54 bits per heavy atom. The fourth-order valence-electron chi connectivity index (χ4n) is 10.5. The van der Waals surface area contributed by atoms with Crippen molar-refractivity contribution in [3.05, 3.63) is 192 Å². The molecule has 9 aromatic heterocycles. The van der Waals surface area contributed by atoms with Gasteiger partial charge in [-0.25, -0.2) is 44.9 Å². The fourth-order valence-corrected chi connectivity index (χ4v) is 11.0. The molecular formula is C65H65Cl2N19O. The van der Waals surface area contributed by atoms with E-state index in [1.54, 1.807) is 37.2 Å². The molecule has 0 unspecified atom stereocenters. The van der Waals surface area contributed by atoms with Gasteiger partial charge in [0.2, 0.25) is 17.8 Å². The highest BCUT2D eigenvalue weighted by molar-refractivity contribution is 6.33. The molecule has 0 amide bonds. The molecule has 14 rings (SSSR count). The SMILES string of the molecule is CN1CCN(CCc2ccc(Nc3nccc(-c4c[nH]c5ncccc45)n3)c(Cl)c2)CC1.Cc1[nH]c2ncccc2c1-c1ccnc(Nc2ccc(N)cc2)n1.Clc1cc(CCN2CCOCC2)ccc1Nc1nccc(-c2c[nH]c3ncccc23)n1. The molecule has 2 aliphatic rings. The number of benzene rings is 3. The Morgan fingerprint density at radius 2 is 1.00 bits per heavy atom. The minimum atomic E-state index is 0.499. The van der Waals surface area contributed by atoms with Crippen LogP contribution in [0, 0.1) is 6.92 Å². The van der Waals surface area contributed by atoms with Gasteiger partial charge < -0.3 is 51.2 Å². The maximum absolute atomic E-state index is 6.59. The highest BCUT2D eigenvalue weighted by Gasteiger charge is 2.18. The zero-order chi connectivity index (χ0) is 59.5. The number of aryl methyl sites for hydroxylation is 1. The zero-order valence-electron chi connectivity index (χ0n) is 48.2. The molecule has 2 saturated heterocycles. The van der Waals surface area contributed by atoms with Gasteiger partial charge in [-0.3, -0.25) is 4.90 Å². The Kier molecular flexibility index (Phi) is 18.2. The molecule has 11 heterocycles. The number of aromatic nitrogens is 12. The highest BCUT2D eigenvalue weighted by atomic mass is 35.5. The smallest absolute Gasteiger partial charge is 0.227 e. The fraction of sp³-hybridized carbons (Fsp3) is 0.215. The monoisotopic (exact) mass is 1200 g/mol. The normalized spacial score (nSPS) is 13.9. The average molecular weight is 1200 g/mol. The lowest BCUT2D eigenvalue weighted by Gasteiger charge is -2.32. The van der Waals surface area contributed by atoms with Gasteiger partial charge in [0, 0.05) is 152 Å². The molecule has 8 N–H and O–H groups in total. The number of nitrogens with zero attached hydrogens (tertiary/aromatic N) is 12. The van der Waals surface area contributed by atoms with Gasteiger partial charge in [-0.1, -0.05) is 35.3 Å². The Hall–Kier alpha value is -9.41. The average Bonchev–Trinajstić information content (AvgIpc) is 2.59. The van der Waals surface area contributed by atoms with E-state index in [4.69, 9.17) is 33.7 Å². The van der Waals surface area contributed by atoms with Crippen molar-refractivity contribution in [1.29, 1.82) is 0 Å². The second kappa shape index (κ2) is 27.3. The first-order valence-corrected chi connectivity index (χ1v) is 29.6. The third-order valence-electron chi connectivity index (χ3n) is 15.3. The number of nitrogen functional groups attached to an aromatic ring is 1. The van der Waals surface area contributed by atoms with Gasteiger partial charge in [0.1, 0.15) is 16.9 Å². The third kappa shape index (κ3) is 14.5. The summed E-state index contributed by atoms with van der Waals surface area (Å²) >= 11 is 13.1. The van der Waals surface area contributed by atoms with Crippen molar-refractivity contribution in [3.8, 4) is 33.8 Å². The van der Waals surface area contributed by atoms with Gasteiger partial charge in [-0.05, 0) is 141 Å². The molecule has 0 atom stereocenters. The zero-order valence-corrected chi connectivity index (χ0v) is 49.7. The lowest BCUT2D eigenvalue weighted by atomic mass is 10.1. The first-order chi connectivity index (χ1) is 42.6. The Balaban J connectivity index is 0.000000129. The maximum atomic E-state index is 6.59. The summed E-state index contributed by atoms with van der Waals surface area (Å²) in [6.45, 7) is 12.2. The molecule has 2 aliphatic heterocycles. The number of H-pyrrole nitrogens is 3. The number of rotatable bonds is 15. The molecule has 0 bridgehead atoms. The summed E-state index contributed by atoms with van der Waals surface area (Å²) in [5.41, 5.74) is 20.4. The minimum Gasteiger partial charge on any atom is -0.399 e. The molecule has 2 fully saturated rings. The molecule has 0 aliphatic carbocycles. The molecule has 87 heavy (non-hydrogen) atoms. The summed E-state index contributed by atoms with van der Waals surface area (Å²) in [6, 6.07) is 37.3. The number of aromatic amines is 3. The molecule has 0 radical (unpaired) electrons. The summed E-state index contributed by atoms with van der Waals surface area (Å²) in [4.78, 5) is 57.1. The number of hydrogen-bond acceptors (Lipinski definition) is 17. The molecule has 20 nitrogen and oxygen atoms in total. The van der Waals surface area contributed by atoms with Gasteiger partial charge in [-0.2, -0.15) is 0 Å². The van der Waals surface area contributed by atoms with E-state index in [1.807, 2.05) is 122 Å². The molecule has 12 aromatic rings. The molecular weight excluding hydrogens is 1130 g/mol. The first-order valence-electron chi connectivity index (χ1n) is 28.8. The molecule has 440 valence electrons. The third-order valence-corrected chi connectivity index (χ3v) is 15.9. The van der Waals surface area contributed by atoms with Gasteiger partial charge in [-0.15, -0.1) is 0 Å². The molecule has 22 heteroatoms. The first kappa shape index (κ1) is 58.0. The largest absolute Gasteiger partial charge is 0.399 e. The van der Waals surface area contributed by atoms with Crippen LogP contribution in [0.25, 0.3) is 66.9 Å². The second-order valence-corrected chi connectivity index (χ2v) is 22.1. The lowest BCUT2D eigenvalue weighted by Crippen LogP contribution is -2.45. The van der Waals surface area contributed by atoms with Crippen molar-refractivity contribution in [2.75, 3.05) is 94.3 Å². The van der Waals surface area contributed by atoms with Crippen molar-refractivity contribution in [1.82, 2.24) is 74.5 Å². The van der Waals surface area contributed by atoms with Gasteiger partial charge >= 0.3 is 0 Å². The van der Waals surface area contributed by atoms with Crippen LogP contribution in [0.3, 0.4) is 0 Å². The van der Waals surface area contributed by atoms with E-state index in [9.17, 15) is 0 Å². The van der Waals surface area contributed by atoms with Crippen LogP contribution >= 0.6 is 23.2 Å². The summed E-state index contributed by atoms with van der Waals surface area (Å²) in [5, 5.41) is 14.1. The minimum absolute atomic E-state index is 0.499. The van der Waals surface area contributed by atoms with E-state index in [1.165, 1.54) is 11.1 Å². The predicted molar refractivity (Wildman–Crippen MR) is 348 cm³/mol. The van der Waals surface area contributed by atoms with Crippen molar-refractivity contribution in [3.63, 3.8) is 0 Å².